The van der Waals surface area contributed by atoms with Crippen molar-refractivity contribution in [3.63, 3.8) is 0 Å². The first-order chi connectivity index (χ1) is 10.7. The fourth-order valence-corrected chi connectivity index (χ4v) is 3.33. The van der Waals surface area contributed by atoms with E-state index in [4.69, 9.17) is 10.5 Å². The molecule has 0 saturated carbocycles. The Hall–Kier alpha value is -1.39. The zero-order chi connectivity index (χ0) is 17.1. The highest BCUT2D eigenvalue weighted by Crippen LogP contribution is 2.33. The fourth-order valence-electron chi connectivity index (χ4n) is 3.33. The molecule has 0 bridgehead atoms. The first-order valence-corrected chi connectivity index (χ1v) is 8.47. The first-order valence-electron chi connectivity index (χ1n) is 8.47. The van der Waals surface area contributed by atoms with Gasteiger partial charge in [-0.1, -0.05) is 51.1 Å². The second-order valence-electron chi connectivity index (χ2n) is 7.84. The monoisotopic (exact) mass is 318 g/mol. The fraction of sp³-hybridized carbons (Fsp3) is 0.632. The Morgan fingerprint density at radius 2 is 1.91 bits per heavy atom. The van der Waals surface area contributed by atoms with Crippen LogP contribution in [0.2, 0.25) is 0 Å². The summed E-state index contributed by atoms with van der Waals surface area (Å²) in [7, 11) is 0. The summed E-state index contributed by atoms with van der Waals surface area (Å²) in [4.78, 5) is 12.6. The van der Waals surface area contributed by atoms with Crippen LogP contribution in [-0.2, 0) is 15.1 Å². The molecule has 1 aliphatic heterocycles. The van der Waals surface area contributed by atoms with Crippen LogP contribution < -0.4 is 11.1 Å². The molecule has 4 heteroatoms. The maximum atomic E-state index is 12.6. The largest absolute Gasteiger partial charge is 0.377 e. The van der Waals surface area contributed by atoms with Crippen molar-refractivity contribution in [3.8, 4) is 0 Å². The van der Waals surface area contributed by atoms with E-state index in [1.165, 1.54) is 0 Å². The molecule has 1 aromatic carbocycles. The van der Waals surface area contributed by atoms with Crippen LogP contribution in [0.15, 0.2) is 30.3 Å². The van der Waals surface area contributed by atoms with Crippen molar-refractivity contribution in [1.82, 2.24) is 5.32 Å². The molecular formula is C19H30N2O2. The van der Waals surface area contributed by atoms with Crippen molar-refractivity contribution in [2.75, 3.05) is 13.2 Å². The molecule has 3 N–H and O–H groups in total. The molecular weight excluding hydrogens is 288 g/mol. The Bertz CT molecular complexity index is 520. The van der Waals surface area contributed by atoms with Crippen LogP contribution in [0.5, 0.6) is 0 Å². The molecule has 1 heterocycles. The molecule has 0 aliphatic carbocycles. The molecule has 1 aliphatic rings. The lowest BCUT2D eigenvalue weighted by Gasteiger charge is -2.40. The molecule has 0 aromatic heterocycles. The smallest absolute Gasteiger partial charge is 0.244 e. The molecule has 0 spiro atoms. The summed E-state index contributed by atoms with van der Waals surface area (Å²) in [5.41, 5.74) is 6.15. The van der Waals surface area contributed by atoms with Crippen molar-refractivity contribution >= 4 is 5.91 Å². The standard InChI is InChI=1S/C19H30N2O2/c1-18(2,3)16-14(9-8-12-23-16)13-21-17(22)19(4,20)15-10-6-5-7-11-15/h5-7,10-11,14,16H,8-9,12-13,20H2,1-4H3,(H,21,22). The minimum absolute atomic E-state index is 0.0707. The highest BCUT2D eigenvalue weighted by atomic mass is 16.5. The number of amides is 1. The van der Waals surface area contributed by atoms with E-state index in [1.54, 1.807) is 6.92 Å². The van der Waals surface area contributed by atoms with Gasteiger partial charge in [-0.15, -0.1) is 0 Å². The number of hydrogen-bond acceptors (Lipinski definition) is 3. The van der Waals surface area contributed by atoms with Gasteiger partial charge in [-0.3, -0.25) is 4.79 Å². The highest BCUT2D eigenvalue weighted by Gasteiger charge is 2.37. The number of nitrogens with two attached hydrogens (primary N) is 1. The number of rotatable bonds is 4. The Morgan fingerprint density at radius 1 is 1.26 bits per heavy atom. The zero-order valence-electron chi connectivity index (χ0n) is 14.8. The van der Waals surface area contributed by atoms with Gasteiger partial charge in [0.15, 0.2) is 0 Å². The molecule has 1 aromatic rings. The minimum atomic E-state index is -1.02. The Kier molecular flexibility index (Phi) is 5.48. The van der Waals surface area contributed by atoms with Crippen LogP contribution in [-0.4, -0.2) is 25.2 Å². The molecule has 3 atom stereocenters. The summed E-state index contributed by atoms with van der Waals surface area (Å²) >= 11 is 0. The number of carbonyl (C=O) groups is 1. The maximum absolute atomic E-state index is 12.6. The van der Waals surface area contributed by atoms with Gasteiger partial charge in [0.25, 0.3) is 0 Å². The topological polar surface area (TPSA) is 64.4 Å². The molecule has 2 rings (SSSR count). The lowest BCUT2D eigenvalue weighted by molar-refractivity contribution is -0.127. The second-order valence-corrected chi connectivity index (χ2v) is 7.84. The predicted octanol–water partition coefficient (Wildman–Crippen LogP) is 2.82. The molecule has 128 valence electrons. The third-order valence-corrected chi connectivity index (χ3v) is 4.67. The van der Waals surface area contributed by atoms with E-state index in [0.29, 0.717) is 12.5 Å². The average Bonchev–Trinajstić information content (AvgIpc) is 2.52. The van der Waals surface area contributed by atoms with Gasteiger partial charge in [0.05, 0.1) is 6.10 Å². The summed E-state index contributed by atoms with van der Waals surface area (Å²) < 4.78 is 5.97. The quantitative estimate of drug-likeness (QED) is 0.897. The Morgan fingerprint density at radius 3 is 2.52 bits per heavy atom. The summed E-state index contributed by atoms with van der Waals surface area (Å²) in [6.45, 7) is 9.75. The predicted molar refractivity (Wildman–Crippen MR) is 92.9 cm³/mol. The van der Waals surface area contributed by atoms with Gasteiger partial charge in [-0.2, -0.15) is 0 Å². The summed E-state index contributed by atoms with van der Waals surface area (Å²) in [5, 5.41) is 3.05. The second kappa shape index (κ2) is 7.02. The Labute approximate surface area is 139 Å². The third kappa shape index (κ3) is 4.33. The van der Waals surface area contributed by atoms with Crippen molar-refractivity contribution in [1.29, 1.82) is 0 Å². The number of benzene rings is 1. The normalized spacial score (nSPS) is 24.7. The van der Waals surface area contributed by atoms with E-state index in [2.05, 4.69) is 26.1 Å². The zero-order valence-corrected chi connectivity index (χ0v) is 14.8. The van der Waals surface area contributed by atoms with Crippen molar-refractivity contribution < 1.29 is 9.53 Å². The van der Waals surface area contributed by atoms with Crippen LogP contribution in [0.4, 0.5) is 0 Å². The van der Waals surface area contributed by atoms with E-state index in [9.17, 15) is 4.79 Å². The molecule has 1 saturated heterocycles. The van der Waals surface area contributed by atoms with Gasteiger partial charge >= 0.3 is 0 Å². The third-order valence-electron chi connectivity index (χ3n) is 4.67. The minimum Gasteiger partial charge on any atom is -0.377 e. The number of nitrogens with one attached hydrogen (secondary N) is 1. The Balaban J connectivity index is 2.00. The van der Waals surface area contributed by atoms with Crippen LogP contribution in [0, 0.1) is 11.3 Å². The van der Waals surface area contributed by atoms with Gasteiger partial charge in [-0.25, -0.2) is 0 Å². The highest BCUT2D eigenvalue weighted by molar-refractivity contribution is 5.86. The van der Waals surface area contributed by atoms with E-state index in [1.807, 2.05) is 30.3 Å². The number of ether oxygens (including phenoxy) is 1. The van der Waals surface area contributed by atoms with Gasteiger partial charge < -0.3 is 15.8 Å². The van der Waals surface area contributed by atoms with Crippen LogP contribution in [0.25, 0.3) is 0 Å². The molecule has 1 amide bonds. The van der Waals surface area contributed by atoms with Crippen LogP contribution in [0.3, 0.4) is 0 Å². The van der Waals surface area contributed by atoms with Gasteiger partial charge in [0.1, 0.15) is 5.54 Å². The van der Waals surface area contributed by atoms with Gasteiger partial charge in [0, 0.05) is 19.1 Å². The lowest BCUT2D eigenvalue weighted by atomic mass is 9.78. The molecule has 3 unspecified atom stereocenters. The number of hydrogen-bond donors (Lipinski definition) is 2. The number of carbonyl (C=O) groups excluding carboxylic acids is 1. The van der Waals surface area contributed by atoms with Crippen LogP contribution in [0.1, 0.15) is 46.1 Å². The molecule has 0 radical (unpaired) electrons. The van der Waals surface area contributed by atoms with E-state index in [0.717, 1.165) is 25.0 Å². The van der Waals surface area contributed by atoms with E-state index >= 15 is 0 Å². The van der Waals surface area contributed by atoms with Crippen molar-refractivity contribution in [2.45, 2.75) is 52.2 Å². The van der Waals surface area contributed by atoms with Crippen LogP contribution >= 0.6 is 0 Å². The summed E-state index contributed by atoms with van der Waals surface area (Å²) in [5.74, 6) is 0.196. The summed E-state index contributed by atoms with van der Waals surface area (Å²) in [6, 6.07) is 9.50. The SMILES string of the molecule is CC(N)(C(=O)NCC1CCCOC1C(C)(C)C)c1ccccc1. The average molecular weight is 318 g/mol. The van der Waals surface area contributed by atoms with Crippen molar-refractivity contribution in [3.05, 3.63) is 35.9 Å². The van der Waals surface area contributed by atoms with Gasteiger partial charge in [0.2, 0.25) is 5.91 Å². The summed E-state index contributed by atoms with van der Waals surface area (Å²) in [6.07, 6.45) is 2.29. The maximum Gasteiger partial charge on any atom is 0.244 e. The lowest BCUT2D eigenvalue weighted by Crippen LogP contribution is -2.52. The molecule has 1 fully saturated rings. The molecule has 23 heavy (non-hydrogen) atoms. The van der Waals surface area contributed by atoms with E-state index in [-0.39, 0.29) is 17.4 Å². The van der Waals surface area contributed by atoms with E-state index < -0.39 is 5.54 Å². The van der Waals surface area contributed by atoms with Gasteiger partial charge in [-0.05, 0) is 30.7 Å². The van der Waals surface area contributed by atoms with Crippen molar-refractivity contribution in [2.24, 2.45) is 17.1 Å². The first kappa shape index (κ1) is 18.0. The molecule has 4 nitrogen and oxygen atoms in total.